The summed E-state index contributed by atoms with van der Waals surface area (Å²) in [5, 5.41) is 67.5. The summed E-state index contributed by atoms with van der Waals surface area (Å²) < 4.78 is 22.8. The molecule has 4 fully saturated rings. The molecule has 3 saturated heterocycles. The number of ether oxygens (including phenoxy) is 4. The third kappa shape index (κ3) is 5.78. The third-order valence-electron chi connectivity index (χ3n) is 7.51. The summed E-state index contributed by atoms with van der Waals surface area (Å²) in [6.45, 7) is -0.520. The first-order chi connectivity index (χ1) is 17.5. The fraction of sp³-hybridized carbons (Fsp3) is 0.952. The Morgan fingerprint density at radius 2 is 1.65 bits per heavy atom. The van der Waals surface area contributed by atoms with Crippen LogP contribution < -0.4 is 27.8 Å². The molecule has 3 aliphatic heterocycles. The first kappa shape index (κ1) is 28.9. The van der Waals surface area contributed by atoms with Gasteiger partial charge < -0.3 is 77.4 Å². The summed E-state index contributed by atoms with van der Waals surface area (Å²) in [4.78, 5) is 12.4. The Morgan fingerprint density at radius 1 is 0.973 bits per heavy atom. The lowest BCUT2D eigenvalue weighted by Crippen LogP contribution is -2.70. The molecular weight excluding hydrogens is 498 g/mol. The predicted molar refractivity (Wildman–Crippen MR) is 122 cm³/mol. The minimum absolute atomic E-state index is 0.0933. The van der Waals surface area contributed by atoms with Crippen LogP contribution in [0.2, 0.25) is 0 Å². The lowest BCUT2D eigenvalue weighted by atomic mass is 9.85. The van der Waals surface area contributed by atoms with Gasteiger partial charge in [-0.3, -0.25) is 4.79 Å². The van der Waals surface area contributed by atoms with E-state index in [1.807, 2.05) is 0 Å². The number of hydrogen-bond donors (Lipinski definition) is 11. The molecule has 13 atom stereocenters. The summed E-state index contributed by atoms with van der Waals surface area (Å²) in [6, 6.07) is -2.48. The van der Waals surface area contributed by atoms with Gasteiger partial charge in [-0.2, -0.15) is 0 Å². The zero-order valence-corrected chi connectivity index (χ0v) is 20.2. The molecule has 16 nitrogen and oxygen atoms in total. The molecular formula is C21H39N5O11. The second kappa shape index (κ2) is 11.6. The number of carbonyl (C=O) groups is 1. The lowest BCUT2D eigenvalue weighted by molar-refractivity contribution is -0.280. The Balaban J connectivity index is 1.39. The summed E-state index contributed by atoms with van der Waals surface area (Å²) in [5.74, 6) is -0.638. The molecule has 37 heavy (non-hydrogen) atoms. The van der Waals surface area contributed by atoms with E-state index in [9.17, 15) is 35.4 Å². The number of nitrogens with two attached hydrogens (primary N) is 3. The van der Waals surface area contributed by atoms with Gasteiger partial charge in [0.15, 0.2) is 18.2 Å². The van der Waals surface area contributed by atoms with Gasteiger partial charge in [0.25, 0.3) is 5.91 Å². The molecule has 3 heterocycles. The van der Waals surface area contributed by atoms with Gasteiger partial charge in [0.2, 0.25) is 0 Å². The van der Waals surface area contributed by atoms with Gasteiger partial charge in [-0.1, -0.05) is 0 Å². The van der Waals surface area contributed by atoms with Gasteiger partial charge in [0.1, 0.15) is 42.7 Å². The molecule has 214 valence electrons. The monoisotopic (exact) mass is 537 g/mol. The molecule has 0 aromatic heterocycles. The van der Waals surface area contributed by atoms with Gasteiger partial charge in [0.05, 0.1) is 24.8 Å². The van der Waals surface area contributed by atoms with E-state index in [2.05, 4.69) is 10.6 Å². The molecule has 1 amide bonds. The average Bonchev–Trinajstić information content (AvgIpc) is 3.14. The summed E-state index contributed by atoms with van der Waals surface area (Å²) in [7, 11) is 0. The van der Waals surface area contributed by atoms with Crippen LogP contribution in [-0.4, -0.2) is 148 Å². The molecule has 1 aliphatic carbocycles. The molecule has 0 radical (unpaired) electrons. The van der Waals surface area contributed by atoms with Crippen LogP contribution in [0, 0.1) is 0 Å². The number of β-amino-alcohol motifs (C(OH)–C–C–N with tert-alkyl or cyclic N) is 1. The fourth-order valence-corrected chi connectivity index (χ4v) is 5.09. The van der Waals surface area contributed by atoms with E-state index < -0.39 is 97.7 Å². The van der Waals surface area contributed by atoms with Crippen molar-refractivity contribution in [3.63, 3.8) is 0 Å². The minimum Gasteiger partial charge on any atom is -0.394 e. The van der Waals surface area contributed by atoms with Crippen LogP contribution in [0.4, 0.5) is 0 Å². The standard InChI is InChI=1S/C21H39N5O11/c22-3-10-14(29)15(30)12(24)18(35-10)37-17-11(4-27)36-19(16(17)31)34-9-2-7(23)1-8(13(9)28)26-20(32)21(33)5-25-6-21/h7-19,25,27-31,33H,1-6,22-24H2,(H,26,32). The van der Waals surface area contributed by atoms with Crippen LogP contribution in [0.25, 0.3) is 0 Å². The van der Waals surface area contributed by atoms with Crippen LogP contribution in [0.5, 0.6) is 0 Å². The van der Waals surface area contributed by atoms with Crippen molar-refractivity contribution >= 4 is 5.91 Å². The van der Waals surface area contributed by atoms with E-state index in [0.717, 1.165) is 0 Å². The number of hydrogen-bond acceptors (Lipinski definition) is 15. The Bertz CT molecular complexity index is 792. The normalized spacial score (nSPS) is 47.9. The highest BCUT2D eigenvalue weighted by Crippen LogP contribution is 2.32. The Kier molecular flexibility index (Phi) is 9.04. The van der Waals surface area contributed by atoms with Crippen molar-refractivity contribution in [3.05, 3.63) is 0 Å². The number of nitrogens with one attached hydrogen (secondary N) is 2. The SMILES string of the molecule is NCC1OC(OC2C(CO)OC(OC3CC(N)CC(NC(=O)C4(O)CNC4)C3O)C2O)C(N)C(O)C1O. The number of amides is 1. The topological polar surface area (TPSA) is 277 Å². The zero-order valence-electron chi connectivity index (χ0n) is 20.2. The molecule has 13 unspecified atom stereocenters. The maximum atomic E-state index is 12.4. The Labute approximate surface area is 213 Å². The molecule has 0 spiro atoms. The molecule has 0 bridgehead atoms. The molecule has 14 N–H and O–H groups in total. The van der Waals surface area contributed by atoms with E-state index in [-0.39, 0.29) is 32.5 Å². The van der Waals surface area contributed by atoms with Crippen molar-refractivity contribution in [2.45, 2.75) is 98.0 Å². The third-order valence-corrected chi connectivity index (χ3v) is 7.51. The lowest BCUT2D eigenvalue weighted by Gasteiger charge is -2.42. The van der Waals surface area contributed by atoms with Crippen molar-refractivity contribution in [1.29, 1.82) is 0 Å². The van der Waals surface area contributed by atoms with Crippen molar-refractivity contribution in [1.82, 2.24) is 10.6 Å². The molecule has 0 aromatic carbocycles. The van der Waals surface area contributed by atoms with Gasteiger partial charge in [0, 0.05) is 25.7 Å². The van der Waals surface area contributed by atoms with Gasteiger partial charge >= 0.3 is 0 Å². The van der Waals surface area contributed by atoms with Gasteiger partial charge in [-0.25, -0.2) is 0 Å². The van der Waals surface area contributed by atoms with Crippen LogP contribution in [0.3, 0.4) is 0 Å². The second-order valence-electron chi connectivity index (χ2n) is 10.3. The van der Waals surface area contributed by atoms with Crippen LogP contribution in [0.15, 0.2) is 0 Å². The van der Waals surface area contributed by atoms with Crippen molar-refractivity contribution in [2.75, 3.05) is 26.2 Å². The minimum atomic E-state index is -1.56. The number of carbonyl (C=O) groups excluding carboxylic acids is 1. The quantitative estimate of drug-likeness (QED) is 0.137. The fourth-order valence-electron chi connectivity index (χ4n) is 5.09. The van der Waals surface area contributed by atoms with Crippen molar-refractivity contribution < 1.29 is 54.4 Å². The van der Waals surface area contributed by atoms with E-state index in [4.69, 9.17) is 36.1 Å². The smallest absolute Gasteiger partial charge is 0.254 e. The second-order valence-corrected chi connectivity index (χ2v) is 10.3. The highest BCUT2D eigenvalue weighted by atomic mass is 16.7. The number of aliphatic hydroxyl groups excluding tert-OH is 5. The van der Waals surface area contributed by atoms with E-state index in [1.165, 1.54) is 0 Å². The summed E-state index contributed by atoms with van der Waals surface area (Å²) in [6.07, 6.45) is -11.9. The average molecular weight is 538 g/mol. The van der Waals surface area contributed by atoms with Crippen LogP contribution in [-0.2, 0) is 23.7 Å². The molecule has 1 saturated carbocycles. The first-order valence-electron chi connectivity index (χ1n) is 12.4. The predicted octanol–water partition coefficient (Wildman–Crippen LogP) is -7.13. The highest BCUT2D eigenvalue weighted by Gasteiger charge is 2.52. The maximum Gasteiger partial charge on any atom is 0.254 e. The molecule has 4 rings (SSSR count). The summed E-state index contributed by atoms with van der Waals surface area (Å²) >= 11 is 0. The Morgan fingerprint density at radius 3 is 2.24 bits per heavy atom. The zero-order chi connectivity index (χ0) is 27.1. The Hall–Kier alpha value is -1.09. The van der Waals surface area contributed by atoms with Gasteiger partial charge in [-0.05, 0) is 12.8 Å². The van der Waals surface area contributed by atoms with Gasteiger partial charge in [-0.15, -0.1) is 0 Å². The summed E-state index contributed by atoms with van der Waals surface area (Å²) in [5.41, 5.74) is 16.1. The van der Waals surface area contributed by atoms with E-state index >= 15 is 0 Å². The maximum absolute atomic E-state index is 12.4. The van der Waals surface area contributed by atoms with Crippen molar-refractivity contribution in [2.24, 2.45) is 17.2 Å². The highest BCUT2D eigenvalue weighted by molar-refractivity contribution is 5.87. The van der Waals surface area contributed by atoms with E-state index in [1.54, 1.807) is 0 Å². The van der Waals surface area contributed by atoms with Crippen LogP contribution >= 0.6 is 0 Å². The number of aliphatic hydroxyl groups is 6. The first-order valence-corrected chi connectivity index (χ1v) is 12.4. The van der Waals surface area contributed by atoms with Crippen LogP contribution in [0.1, 0.15) is 12.8 Å². The van der Waals surface area contributed by atoms with E-state index in [0.29, 0.717) is 0 Å². The number of rotatable bonds is 8. The molecule has 0 aromatic rings. The largest absolute Gasteiger partial charge is 0.394 e. The molecule has 16 heteroatoms. The van der Waals surface area contributed by atoms with Crippen molar-refractivity contribution in [3.8, 4) is 0 Å². The molecule has 4 aliphatic rings.